The first-order chi connectivity index (χ1) is 10.4. The van der Waals surface area contributed by atoms with Crippen molar-refractivity contribution in [3.05, 3.63) is 71.9 Å². The molecule has 1 aromatic heterocycles. The summed E-state index contributed by atoms with van der Waals surface area (Å²) in [6.07, 6.45) is 3.46. The minimum absolute atomic E-state index is 0.909. The van der Waals surface area contributed by atoms with E-state index in [2.05, 4.69) is 77.6 Å². The lowest BCUT2D eigenvalue weighted by atomic mass is 10.1. The predicted octanol–water partition coefficient (Wildman–Crippen LogP) is 4.34. The third-order valence-electron chi connectivity index (χ3n) is 3.82. The fraction of sp³-hybridized carbons (Fsp3) is 0.263. The topological polar surface area (TPSA) is 17.0 Å². The maximum atomic E-state index is 3.55. The maximum absolute atomic E-state index is 3.55. The Morgan fingerprint density at radius 1 is 0.905 bits per heavy atom. The van der Waals surface area contributed by atoms with E-state index >= 15 is 0 Å². The summed E-state index contributed by atoms with van der Waals surface area (Å²) in [5.41, 5.74) is 4.06. The van der Waals surface area contributed by atoms with Crippen molar-refractivity contribution < 1.29 is 0 Å². The zero-order chi connectivity index (χ0) is 14.5. The highest BCUT2D eigenvalue weighted by atomic mass is 15.0. The number of aromatic nitrogens is 1. The van der Waals surface area contributed by atoms with Crippen LogP contribution < -0.4 is 5.32 Å². The summed E-state index contributed by atoms with van der Waals surface area (Å²) < 4.78 is 2.37. The zero-order valence-electron chi connectivity index (χ0n) is 12.5. The Hall–Kier alpha value is -2.06. The van der Waals surface area contributed by atoms with Gasteiger partial charge in [0.25, 0.3) is 0 Å². The van der Waals surface area contributed by atoms with Crippen LogP contribution in [0.15, 0.2) is 60.8 Å². The van der Waals surface area contributed by atoms with Gasteiger partial charge in [0.2, 0.25) is 0 Å². The SMILES string of the molecule is CCCn1cc(CNCc2ccccc2)c2ccccc21. The quantitative estimate of drug-likeness (QED) is 0.709. The lowest BCUT2D eigenvalue weighted by Gasteiger charge is -2.04. The summed E-state index contributed by atoms with van der Waals surface area (Å²) in [5.74, 6) is 0. The maximum Gasteiger partial charge on any atom is 0.0483 e. The largest absolute Gasteiger partial charge is 0.347 e. The van der Waals surface area contributed by atoms with Gasteiger partial charge >= 0.3 is 0 Å². The molecule has 0 unspecified atom stereocenters. The van der Waals surface area contributed by atoms with Crippen LogP contribution in [0.5, 0.6) is 0 Å². The molecule has 3 aromatic rings. The molecule has 0 saturated heterocycles. The van der Waals surface area contributed by atoms with Gasteiger partial charge in [0.15, 0.2) is 0 Å². The van der Waals surface area contributed by atoms with Gasteiger partial charge in [-0.2, -0.15) is 0 Å². The smallest absolute Gasteiger partial charge is 0.0483 e. The van der Waals surface area contributed by atoms with E-state index in [1.165, 1.54) is 22.0 Å². The minimum atomic E-state index is 0.909. The molecular weight excluding hydrogens is 256 g/mol. The Kier molecular flexibility index (Phi) is 4.37. The van der Waals surface area contributed by atoms with Crippen LogP contribution in [0.2, 0.25) is 0 Å². The Bertz CT molecular complexity index is 698. The average Bonchev–Trinajstić information content (AvgIpc) is 2.87. The standard InChI is InChI=1S/C19H22N2/c1-2-12-21-15-17(18-10-6-7-11-19(18)21)14-20-13-16-8-4-3-5-9-16/h3-11,15,20H,2,12-14H2,1H3. The highest BCUT2D eigenvalue weighted by Gasteiger charge is 2.06. The van der Waals surface area contributed by atoms with Crippen molar-refractivity contribution in [2.24, 2.45) is 0 Å². The second-order valence-electron chi connectivity index (χ2n) is 5.45. The van der Waals surface area contributed by atoms with Crippen LogP contribution in [0.1, 0.15) is 24.5 Å². The summed E-state index contributed by atoms with van der Waals surface area (Å²) in [4.78, 5) is 0. The van der Waals surface area contributed by atoms with Crippen molar-refractivity contribution in [3.8, 4) is 0 Å². The van der Waals surface area contributed by atoms with Gasteiger partial charge in [-0.25, -0.2) is 0 Å². The first-order valence-electron chi connectivity index (χ1n) is 7.70. The summed E-state index contributed by atoms with van der Waals surface area (Å²) >= 11 is 0. The first kappa shape index (κ1) is 13.9. The van der Waals surface area contributed by atoms with Gasteiger partial charge in [0, 0.05) is 36.7 Å². The zero-order valence-corrected chi connectivity index (χ0v) is 12.5. The molecule has 3 rings (SSSR count). The summed E-state index contributed by atoms with van der Waals surface area (Å²) in [6.45, 7) is 5.13. The molecule has 1 heterocycles. The van der Waals surface area contributed by atoms with Crippen LogP contribution in [-0.2, 0) is 19.6 Å². The van der Waals surface area contributed by atoms with Crippen molar-refractivity contribution in [3.63, 3.8) is 0 Å². The second kappa shape index (κ2) is 6.59. The van der Waals surface area contributed by atoms with Crippen LogP contribution in [0.25, 0.3) is 10.9 Å². The van der Waals surface area contributed by atoms with Crippen LogP contribution in [-0.4, -0.2) is 4.57 Å². The number of rotatable bonds is 6. The predicted molar refractivity (Wildman–Crippen MR) is 89.2 cm³/mol. The van der Waals surface area contributed by atoms with Gasteiger partial charge in [-0.1, -0.05) is 55.5 Å². The van der Waals surface area contributed by atoms with E-state index in [-0.39, 0.29) is 0 Å². The third kappa shape index (κ3) is 3.17. The van der Waals surface area contributed by atoms with Crippen molar-refractivity contribution in [1.29, 1.82) is 0 Å². The Labute approximate surface area is 126 Å². The van der Waals surface area contributed by atoms with Gasteiger partial charge in [-0.15, -0.1) is 0 Å². The highest BCUT2D eigenvalue weighted by Crippen LogP contribution is 2.21. The van der Waals surface area contributed by atoms with E-state index in [1.807, 2.05) is 0 Å². The Balaban J connectivity index is 1.74. The fourth-order valence-corrected chi connectivity index (χ4v) is 2.83. The average molecular weight is 278 g/mol. The molecule has 0 aliphatic heterocycles. The molecule has 2 nitrogen and oxygen atoms in total. The van der Waals surface area contributed by atoms with Crippen LogP contribution >= 0.6 is 0 Å². The van der Waals surface area contributed by atoms with E-state index < -0.39 is 0 Å². The molecule has 108 valence electrons. The molecule has 0 amide bonds. The Morgan fingerprint density at radius 2 is 1.67 bits per heavy atom. The molecule has 21 heavy (non-hydrogen) atoms. The van der Waals surface area contributed by atoms with Gasteiger partial charge in [-0.3, -0.25) is 0 Å². The monoisotopic (exact) mass is 278 g/mol. The molecule has 0 atom stereocenters. The van der Waals surface area contributed by atoms with E-state index in [4.69, 9.17) is 0 Å². The number of hydrogen-bond acceptors (Lipinski definition) is 1. The van der Waals surface area contributed by atoms with E-state index in [9.17, 15) is 0 Å². The van der Waals surface area contributed by atoms with Crippen molar-refractivity contribution in [2.45, 2.75) is 33.0 Å². The second-order valence-corrected chi connectivity index (χ2v) is 5.45. The number of benzene rings is 2. The van der Waals surface area contributed by atoms with Gasteiger partial charge < -0.3 is 9.88 Å². The lowest BCUT2D eigenvalue weighted by Crippen LogP contribution is -2.12. The molecule has 0 radical (unpaired) electrons. The molecular formula is C19H22N2. The summed E-state index contributed by atoms with van der Waals surface area (Å²) in [5, 5.41) is 4.92. The normalized spacial score (nSPS) is 11.1. The molecule has 0 spiro atoms. The van der Waals surface area contributed by atoms with Crippen molar-refractivity contribution in [1.82, 2.24) is 9.88 Å². The molecule has 0 fully saturated rings. The number of nitrogens with zero attached hydrogens (tertiary/aromatic N) is 1. The molecule has 0 bridgehead atoms. The van der Waals surface area contributed by atoms with Gasteiger partial charge in [0.1, 0.15) is 0 Å². The molecule has 2 heteroatoms. The summed E-state index contributed by atoms with van der Waals surface area (Å²) in [7, 11) is 0. The van der Waals surface area contributed by atoms with Gasteiger partial charge in [0.05, 0.1) is 0 Å². The highest BCUT2D eigenvalue weighted by molar-refractivity contribution is 5.83. The van der Waals surface area contributed by atoms with Crippen molar-refractivity contribution >= 4 is 10.9 Å². The lowest BCUT2D eigenvalue weighted by molar-refractivity contribution is 0.677. The molecule has 0 aliphatic carbocycles. The van der Waals surface area contributed by atoms with Crippen LogP contribution in [0.4, 0.5) is 0 Å². The summed E-state index contributed by atoms with van der Waals surface area (Å²) in [6, 6.07) is 19.2. The van der Waals surface area contributed by atoms with Crippen molar-refractivity contribution in [2.75, 3.05) is 0 Å². The minimum Gasteiger partial charge on any atom is -0.347 e. The number of hydrogen-bond donors (Lipinski definition) is 1. The van der Waals surface area contributed by atoms with Crippen LogP contribution in [0, 0.1) is 0 Å². The number of aryl methyl sites for hydroxylation is 1. The number of fused-ring (bicyclic) bond motifs is 1. The number of nitrogens with one attached hydrogen (secondary N) is 1. The van der Waals surface area contributed by atoms with Gasteiger partial charge in [-0.05, 0) is 23.6 Å². The van der Waals surface area contributed by atoms with E-state index in [1.54, 1.807) is 0 Å². The first-order valence-corrected chi connectivity index (χ1v) is 7.70. The van der Waals surface area contributed by atoms with E-state index in [0.717, 1.165) is 26.1 Å². The molecule has 1 N–H and O–H groups in total. The third-order valence-corrected chi connectivity index (χ3v) is 3.82. The molecule has 2 aromatic carbocycles. The van der Waals surface area contributed by atoms with E-state index in [0.29, 0.717) is 0 Å². The van der Waals surface area contributed by atoms with Crippen LogP contribution in [0.3, 0.4) is 0 Å². The number of para-hydroxylation sites is 1. The molecule has 0 aliphatic rings. The Morgan fingerprint density at radius 3 is 2.48 bits per heavy atom. The fourth-order valence-electron chi connectivity index (χ4n) is 2.83. The molecule has 0 saturated carbocycles.